The van der Waals surface area contributed by atoms with E-state index in [1.165, 1.54) is 58.4 Å². The molecule has 2 nitrogen and oxygen atoms in total. The summed E-state index contributed by atoms with van der Waals surface area (Å²) in [7, 11) is 1.50. The van der Waals surface area contributed by atoms with E-state index in [0.717, 1.165) is 18.3 Å². The molecule has 2 saturated carbocycles. The van der Waals surface area contributed by atoms with E-state index in [1.54, 1.807) is 5.57 Å². The van der Waals surface area contributed by atoms with Crippen molar-refractivity contribution in [3.8, 4) is 0 Å². The largest absolute Gasteiger partial charge is 0.390 e. The third-order valence-electron chi connectivity index (χ3n) is 6.12. The average Bonchev–Trinajstić information content (AvgIpc) is 2.81. The molecular weight excluding hydrogens is 270 g/mol. The first kappa shape index (κ1) is 19.7. The van der Waals surface area contributed by atoms with Crippen LogP contribution in [0.3, 0.4) is 0 Å². The Morgan fingerprint density at radius 3 is 2.55 bits per heavy atom. The number of fused-ring (bicyclic) bond motifs is 1. The van der Waals surface area contributed by atoms with Crippen LogP contribution in [0.1, 0.15) is 85.5 Å². The summed E-state index contributed by atoms with van der Waals surface area (Å²) in [5, 5.41) is 9.81. The standard InChI is InChI=1S/C19H34O.CH5N/c1-5-15-9-8-14-19(4)16(11-12-17(15)19)10-6-7-13-18(2,3)20;1-2/h5,16-17,20H,6-14H2,1-4H3;2H2,1H3/b15-5+;. The number of aliphatic hydroxyl groups is 1. The fourth-order valence-corrected chi connectivity index (χ4v) is 4.91. The second-order valence-electron chi connectivity index (χ2n) is 8.11. The van der Waals surface area contributed by atoms with Crippen molar-refractivity contribution in [3.05, 3.63) is 11.6 Å². The van der Waals surface area contributed by atoms with Crippen molar-refractivity contribution in [2.45, 2.75) is 91.1 Å². The van der Waals surface area contributed by atoms with Crippen molar-refractivity contribution < 1.29 is 5.11 Å². The molecule has 0 heterocycles. The lowest BCUT2D eigenvalue weighted by Crippen LogP contribution is -2.33. The van der Waals surface area contributed by atoms with Crippen molar-refractivity contribution in [1.82, 2.24) is 0 Å². The van der Waals surface area contributed by atoms with Crippen molar-refractivity contribution in [2.24, 2.45) is 23.0 Å². The molecule has 0 aromatic rings. The van der Waals surface area contributed by atoms with Gasteiger partial charge in [0, 0.05) is 0 Å². The summed E-state index contributed by atoms with van der Waals surface area (Å²) in [6.07, 6.45) is 14.2. The van der Waals surface area contributed by atoms with Crippen LogP contribution in [0.2, 0.25) is 0 Å². The molecule has 2 aliphatic rings. The third-order valence-corrected chi connectivity index (χ3v) is 6.12. The highest BCUT2D eigenvalue weighted by atomic mass is 16.3. The van der Waals surface area contributed by atoms with Gasteiger partial charge in [-0.25, -0.2) is 0 Å². The molecule has 2 fully saturated rings. The number of hydrogen-bond acceptors (Lipinski definition) is 2. The molecule has 2 heteroatoms. The quantitative estimate of drug-likeness (QED) is 0.551. The van der Waals surface area contributed by atoms with E-state index in [9.17, 15) is 5.11 Å². The summed E-state index contributed by atoms with van der Waals surface area (Å²) >= 11 is 0. The van der Waals surface area contributed by atoms with Crippen LogP contribution in [-0.2, 0) is 0 Å². The fourth-order valence-electron chi connectivity index (χ4n) is 4.91. The third kappa shape index (κ3) is 4.83. The molecule has 0 aliphatic heterocycles. The Morgan fingerprint density at radius 1 is 1.27 bits per heavy atom. The molecule has 0 radical (unpaired) electrons. The number of rotatable bonds is 5. The Labute approximate surface area is 138 Å². The van der Waals surface area contributed by atoms with Crippen molar-refractivity contribution >= 4 is 0 Å². The van der Waals surface area contributed by atoms with Crippen LogP contribution < -0.4 is 5.73 Å². The van der Waals surface area contributed by atoms with Crippen molar-refractivity contribution in [1.29, 1.82) is 0 Å². The van der Waals surface area contributed by atoms with Gasteiger partial charge in [0.05, 0.1) is 5.60 Å². The topological polar surface area (TPSA) is 46.2 Å². The van der Waals surface area contributed by atoms with Gasteiger partial charge in [-0.1, -0.05) is 31.4 Å². The molecular formula is C20H39NO. The molecule has 0 bridgehead atoms. The maximum Gasteiger partial charge on any atom is 0.0591 e. The summed E-state index contributed by atoms with van der Waals surface area (Å²) < 4.78 is 0. The molecule has 3 atom stereocenters. The minimum atomic E-state index is -0.481. The van der Waals surface area contributed by atoms with Crippen molar-refractivity contribution in [2.75, 3.05) is 7.05 Å². The summed E-state index contributed by atoms with van der Waals surface area (Å²) in [5.74, 6) is 1.80. The summed E-state index contributed by atoms with van der Waals surface area (Å²) in [6.45, 7) is 8.66. The Kier molecular flexibility index (Phi) is 7.61. The van der Waals surface area contributed by atoms with Gasteiger partial charge in [-0.3, -0.25) is 0 Å². The SMILES string of the molecule is C/C=C1\CCCC2(C)C(CCCCC(C)(C)O)CCC12.CN. The van der Waals surface area contributed by atoms with Crippen LogP contribution in [0.15, 0.2) is 11.6 Å². The van der Waals surface area contributed by atoms with E-state index in [2.05, 4.69) is 25.7 Å². The average molecular weight is 310 g/mol. The lowest BCUT2D eigenvalue weighted by Gasteiger charge is -2.42. The second-order valence-corrected chi connectivity index (χ2v) is 8.11. The van der Waals surface area contributed by atoms with E-state index in [0.29, 0.717) is 5.41 Å². The summed E-state index contributed by atoms with van der Waals surface area (Å²) in [6, 6.07) is 0. The highest BCUT2D eigenvalue weighted by molar-refractivity contribution is 5.17. The normalized spacial score (nSPS) is 33.3. The Balaban J connectivity index is 0.00000116. The van der Waals surface area contributed by atoms with Crippen LogP contribution >= 0.6 is 0 Å². The van der Waals surface area contributed by atoms with Gasteiger partial charge in [0.2, 0.25) is 0 Å². The van der Waals surface area contributed by atoms with Crippen LogP contribution in [0.4, 0.5) is 0 Å². The molecule has 2 aliphatic carbocycles. The molecule has 0 spiro atoms. The van der Waals surface area contributed by atoms with E-state index in [1.807, 2.05) is 13.8 Å². The zero-order chi connectivity index (χ0) is 16.8. The molecule has 0 amide bonds. The zero-order valence-electron chi connectivity index (χ0n) is 15.6. The highest BCUT2D eigenvalue weighted by Gasteiger charge is 2.48. The number of allylic oxidation sites excluding steroid dienone is 2. The van der Waals surface area contributed by atoms with Gasteiger partial charge >= 0.3 is 0 Å². The predicted molar refractivity (Wildman–Crippen MR) is 96.8 cm³/mol. The minimum Gasteiger partial charge on any atom is -0.390 e. The van der Waals surface area contributed by atoms with E-state index in [4.69, 9.17) is 0 Å². The zero-order valence-corrected chi connectivity index (χ0v) is 15.6. The minimum absolute atomic E-state index is 0.481. The van der Waals surface area contributed by atoms with Crippen LogP contribution in [0.5, 0.6) is 0 Å². The fraction of sp³-hybridized carbons (Fsp3) is 0.900. The molecule has 22 heavy (non-hydrogen) atoms. The van der Waals surface area contributed by atoms with Crippen molar-refractivity contribution in [3.63, 3.8) is 0 Å². The number of nitrogens with two attached hydrogens (primary N) is 1. The first-order valence-electron chi connectivity index (χ1n) is 9.32. The predicted octanol–water partition coefficient (Wildman–Crippen LogP) is 5.06. The molecule has 0 aromatic carbocycles. The smallest absolute Gasteiger partial charge is 0.0591 e. The molecule has 3 unspecified atom stereocenters. The van der Waals surface area contributed by atoms with Gasteiger partial charge in [-0.15, -0.1) is 0 Å². The van der Waals surface area contributed by atoms with E-state index >= 15 is 0 Å². The van der Waals surface area contributed by atoms with Gasteiger partial charge in [0.25, 0.3) is 0 Å². The van der Waals surface area contributed by atoms with Gasteiger partial charge in [-0.2, -0.15) is 0 Å². The van der Waals surface area contributed by atoms with Crippen LogP contribution in [-0.4, -0.2) is 17.8 Å². The molecule has 3 N–H and O–H groups in total. The maximum atomic E-state index is 9.81. The molecule has 2 rings (SSSR count). The lowest BCUT2D eigenvalue weighted by molar-refractivity contribution is 0.0659. The first-order valence-corrected chi connectivity index (χ1v) is 9.32. The summed E-state index contributed by atoms with van der Waals surface area (Å²) in [5.41, 5.74) is 6.35. The number of unbranched alkanes of at least 4 members (excludes halogenated alkanes) is 1. The van der Waals surface area contributed by atoms with Gasteiger partial charge in [0.15, 0.2) is 0 Å². The Morgan fingerprint density at radius 2 is 1.95 bits per heavy atom. The van der Waals surface area contributed by atoms with E-state index < -0.39 is 5.60 Å². The Bertz CT molecular complexity index is 355. The lowest BCUT2D eigenvalue weighted by atomic mass is 9.62. The first-order chi connectivity index (χ1) is 10.4. The number of hydrogen-bond donors (Lipinski definition) is 2. The Hall–Kier alpha value is -0.340. The van der Waals surface area contributed by atoms with E-state index in [-0.39, 0.29) is 0 Å². The van der Waals surface area contributed by atoms with Crippen LogP contribution in [0.25, 0.3) is 0 Å². The highest BCUT2D eigenvalue weighted by Crippen LogP contribution is 2.58. The van der Waals surface area contributed by atoms with Crippen LogP contribution in [0, 0.1) is 17.3 Å². The molecule has 0 aromatic heterocycles. The monoisotopic (exact) mass is 309 g/mol. The summed E-state index contributed by atoms with van der Waals surface area (Å²) in [4.78, 5) is 0. The van der Waals surface area contributed by atoms with Gasteiger partial charge in [0.1, 0.15) is 0 Å². The maximum absolute atomic E-state index is 9.81. The second kappa shape index (κ2) is 8.49. The van der Waals surface area contributed by atoms with Gasteiger partial charge in [-0.05, 0) is 90.0 Å². The van der Waals surface area contributed by atoms with Gasteiger partial charge < -0.3 is 10.8 Å². The molecule has 130 valence electrons. The molecule has 0 saturated heterocycles.